The number of rotatable bonds is 4. The van der Waals surface area contributed by atoms with Gasteiger partial charge in [-0.15, -0.1) is 0 Å². The van der Waals surface area contributed by atoms with Crippen LogP contribution in [0.4, 0.5) is 11.5 Å². The molecule has 1 fully saturated rings. The number of nitro groups is 1. The van der Waals surface area contributed by atoms with Gasteiger partial charge in [-0.25, -0.2) is 4.98 Å². The van der Waals surface area contributed by atoms with E-state index in [4.69, 9.17) is 0 Å². The fourth-order valence-corrected chi connectivity index (χ4v) is 2.29. The lowest BCUT2D eigenvalue weighted by atomic mass is 10.2. The van der Waals surface area contributed by atoms with Crippen LogP contribution < -0.4 is 5.32 Å². The third kappa shape index (κ3) is 3.04. The summed E-state index contributed by atoms with van der Waals surface area (Å²) < 4.78 is 0. The first-order valence-electron chi connectivity index (χ1n) is 6.65. The number of carbonyl (C=O) groups excluding carboxylic acids is 1. The summed E-state index contributed by atoms with van der Waals surface area (Å²) in [6.45, 7) is 5.12. The molecule has 1 amide bonds. The molecule has 1 saturated heterocycles. The number of likely N-dealkylation sites (tertiary alicyclic amines) is 1. The highest BCUT2D eigenvalue weighted by molar-refractivity contribution is 5.84. The number of hydrogen-bond acceptors (Lipinski definition) is 5. The van der Waals surface area contributed by atoms with Crippen molar-refractivity contribution in [3.63, 3.8) is 0 Å². The molecule has 0 bridgehead atoms. The highest BCUT2D eigenvalue weighted by Gasteiger charge is 2.23. The Morgan fingerprint density at radius 1 is 1.50 bits per heavy atom. The van der Waals surface area contributed by atoms with Crippen LogP contribution in [-0.2, 0) is 4.79 Å². The molecule has 0 saturated carbocycles. The summed E-state index contributed by atoms with van der Waals surface area (Å²) in [5.74, 6) is 0.553. The zero-order valence-corrected chi connectivity index (χ0v) is 11.6. The SMILES string of the molecule is Cc1cc([N+](=O)[O-])cnc1NC(C)C(=O)N1CCCC1. The standard InChI is InChI=1S/C13H18N4O3/c1-9-7-11(17(19)20)8-14-12(9)15-10(2)13(18)16-5-3-4-6-16/h7-8,10H,3-6H2,1-2H3,(H,14,15). The molecule has 1 aromatic heterocycles. The number of aryl methyl sites for hydroxylation is 1. The molecule has 7 heteroatoms. The number of hydrogen-bond donors (Lipinski definition) is 1. The van der Waals surface area contributed by atoms with Crippen LogP contribution in [0.3, 0.4) is 0 Å². The van der Waals surface area contributed by atoms with Crippen LogP contribution in [0.2, 0.25) is 0 Å². The lowest BCUT2D eigenvalue weighted by Crippen LogP contribution is -2.39. The largest absolute Gasteiger partial charge is 0.358 e. The summed E-state index contributed by atoms with van der Waals surface area (Å²) in [7, 11) is 0. The van der Waals surface area contributed by atoms with Gasteiger partial charge >= 0.3 is 0 Å². The second-order valence-corrected chi connectivity index (χ2v) is 5.01. The van der Waals surface area contributed by atoms with Gasteiger partial charge in [-0.3, -0.25) is 14.9 Å². The molecule has 1 aliphatic heterocycles. The average molecular weight is 278 g/mol. The number of anilines is 1. The molecule has 1 atom stereocenters. The summed E-state index contributed by atoms with van der Waals surface area (Å²) >= 11 is 0. The van der Waals surface area contributed by atoms with E-state index in [0.717, 1.165) is 25.9 Å². The molecule has 0 spiro atoms. The van der Waals surface area contributed by atoms with Crippen LogP contribution in [0, 0.1) is 17.0 Å². The lowest BCUT2D eigenvalue weighted by Gasteiger charge is -2.22. The number of aromatic nitrogens is 1. The average Bonchev–Trinajstić information content (AvgIpc) is 2.93. The van der Waals surface area contributed by atoms with Gasteiger partial charge in [-0.1, -0.05) is 0 Å². The van der Waals surface area contributed by atoms with Gasteiger partial charge in [-0.2, -0.15) is 0 Å². The van der Waals surface area contributed by atoms with Crippen LogP contribution in [0.15, 0.2) is 12.3 Å². The molecule has 1 aliphatic rings. The Morgan fingerprint density at radius 2 is 2.15 bits per heavy atom. The van der Waals surface area contributed by atoms with E-state index in [1.54, 1.807) is 13.8 Å². The van der Waals surface area contributed by atoms with E-state index in [0.29, 0.717) is 11.4 Å². The molecule has 1 N–H and O–H groups in total. The minimum atomic E-state index is -0.484. The first-order chi connectivity index (χ1) is 9.49. The second kappa shape index (κ2) is 5.85. The molecular weight excluding hydrogens is 260 g/mol. The van der Waals surface area contributed by atoms with Gasteiger partial charge in [0.25, 0.3) is 5.69 Å². The summed E-state index contributed by atoms with van der Waals surface area (Å²) in [5, 5.41) is 13.7. The van der Waals surface area contributed by atoms with Crippen LogP contribution in [0.1, 0.15) is 25.3 Å². The second-order valence-electron chi connectivity index (χ2n) is 5.01. The normalized spacial score (nSPS) is 16.0. The fourth-order valence-electron chi connectivity index (χ4n) is 2.29. The third-order valence-corrected chi connectivity index (χ3v) is 3.42. The van der Waals surface area contributed by atoms with Crippen LogP contribution in [0.5, 0.6) is 0 Å². The molecular formula is C13H18N4O3. The van der Waals surface area contributed by atoms with E-state index in [-0.39, 0.29) is 17.6 Å². The van der Waals surface area contributed by atoms with Crippen molar-refractivity contribution in [2.24, 2.45) is 0 Å². The van der Waals surface area contributed by atoms with E-state index in [9.17, 15) is 14.9 Å². The number of nitrogens with one attached hydrogen (secondary N) is 1. The third-order valence-electron chi connectivity index (χ3n) is 3.42. The Kier molecular flexibility index (Phi) is 4.16. The van der Waals surface area contributed by atoms with Crippen molar-refractivity contribution in [3.05, 3.63) is 27.9 Å². The molecule has 0 radical (unpaired) electrons. The highest BCUT2D eigenvalue weighted by Crippen LogP contribution is 2.19. The van der Waals surface area contributed by atoms with Crippen molar-refractivity contribution in [1.29, 1.82) is 0 Å². The maximum Gasteiger partial charge on any atom is 0.287 e. The first kappa shape index (κ1) is 14.2. The summed E-state index contributed by atoms with van der Waals surface area (Å²) in [6.07, 6.45) is 3.29. The van der Waals surface area contributed by atoms with Gasteiger partial charge in [0.15, 0.2) is 0 Å². The minimum Gasteiger partial charge on any atom is -0.358 e. The topological polar surface area (TPSA) is 88.4 Å². The van der Waals surface area contributed by atoms with Gasteiger partial charge in [-0.05, 0) is 32.3 Å². The molecule has 0 aliphatic carbocycles. The van der Waals surface area contributed by atoms with Crippen molar-refractivity contribution >= 4 is 17.4 Å². The van der Waals surface area contributed by atoms with Crippen molar-refractivity contribution < 1.29 is 9.72 Å². The molecule has 20 heavy (non-hydrogen) atoms. The first-order valence-corrected chi connectivity index (χ1v) is 6.65. The summed E-state index contributed by atoms with van der Waals surface area (Å²) in [6, 6.07) is 1.06. The van der Waals surface area contributed by atoms with Crippen LogP contribution in [-0.4, -0.2) is 39.8 Å². The molecule has 1 aromatic rings. The zero-order chi connectivity index (χ0) is 14.7. The fraction of sp³-hybridized carbons (Fsp3) is 0.538. The van der Waals surface area contributed by atoms with E-state index in [1.165, 1.54) is 12.3 Å². The van der Waals surface area contributed by atoms with Gasteiger partial charge in [0.1, 0.15) is 18.1 Å². The van der Waals surface area contributed by atoms with E-state index in [1.807, 2.05) is 4.90 Å². The van der Waals surface area contributed by atoms with E-state index >= 15 is 0 Å². The predicted molar refractivity (Wildman–Crippen MR) is 74.5 cm³/mol. The molecule has 108 valence electrons. The van der Waals surface area contributed by atoms with E-state index in [2.05, 4.69) is 10.3 Å². The molecule has 2 heterocycles. The zero-order valence-electron chi connectivity index (χ0n) is 11.6. The van der Waals surface area contributed by atoms with Crippen molar-refractivity contribution in [3.8, 4) is 0 Å². The van der Waals surface area contributed by atoms with Crippen LogP contribution in [0.25, 0.3) is 0 Å². The Hall–Kier alpha value is -2.18. The molecule has 2 rings (SSSR count). The lowest BCUT2D eigenvalue weighted by molar-refractivity contribution is -0.385. The van der Waals surface area contributed by atoms with Gasteiger partial charge < -0.3 is 10.2 Å². The number of amides is 1. The molecule has 1 unspecified atom stereocenters. The summed E-state index contributed by atoms with van der Waals surface area (Å²) in [5.41, 5.74) is 0.604. The predicted octanol–water partition coefficient (Wildman–Crippen LogP) is 1.72. The Labute approximate surface area is 117 Å². The maximum absolute atomic E-state index is 12.2. The van der Waals surface area contributed by atoms with Crippen LogP contribution >= 0.6 is 0 Å². The Morgan fingerprint density at radius 3 is 2.70 bits per heavy atom. The van der Waals surface area contributed by atoms with Crippen molar-refractivity contribution in [1.82, 2.24) is 9.88 Å². The van der Waals surface area contributed by atoms with Crippen molar-refractivity contribution in [2.45, 2.75) is 32.7 Å². The van der Waals surface area contributed by atoms with E-state index < -0.39 is 4.92 Å². The minimum absolute atomic E-state index is 0.0436. The van der Waals surface area contributed by atoms with Gasteiger partial charge in [0, 0.05) is 19.2 Å². The number of nitrogens with zero attached hydrogens (tertiary/aromatic N) is 3. The molecule has 0 aromatic carbocycles. The van der Waals surface area contributed by atoms with Crippen molar-refractivity contribution in [2.75, 3.05) is 18.4 Å². The maximum atomic E-state index is 12.2. The van der Waals surface area contributed by atoms with Gasteiger partial charge in [0.05, 0.1) is 4.92 Å². The highest BCUT2D eigenvalue weighted by atomic mass is 16.6. The number of carbonyl (C=O) groups is 1. The van der Waals surface area contributed by atoms with Gasteiger partial charge in [0.2, 0.25) is 5.91 Å². The Bertz CT molecular complexity index is 526. The molecule has 7 nitrogen and oxygen atoms in total. The Balaban J connectivity index is 2.05. The quantitative estimate of drug-likeness (QED) is 0.669. The smallest absolute Gasteiger partial charge is 0.287 e. The number of pyridine rings is 1. The summed E-state index contributed by atoms with van der Waals surface area (Å²) in [4.78, 5) is 28.2. The monoisotopic (exact) mass is 278 g/mol.